The van der Waals surface area contributed by atoms with E-state index in [1.165, 1.54) is 0 Å². The predicted octanol–water partition coefficient (Wildman–Crippen LogP) is -1.28. The van der Waals surface area contributed by atoms with Gasteiger partial charge >= 0.3 is 18.0 Å². The van der Waals surface area contributed by atoms with E-state index in [1.807, 2.05) is 5.32 Å². The number of carbonyl (C=O) groups is 4. The Morgan fingerprint density at radius 2 is 1.63 bits per heavy atom. The smallest absolute Gasteiger partial charge is 0.326 e. The van der Waals surface area contributed by atoms with Crippen molar-refractivity contribution in [2.24, 2.45) is 11.7 Å². The van der Waals surface area contributed by atoms with Gasteiger partial charge in [-0.15, -0.1) is 0 Å². The van der Waals surface area contributed by atoms with E-state index in [0.717, 1.165) is 0 Å². The molecule has 0 aliphatic rings. The predicted molar refractivity (Wildman–Crippen MR) is 63.2 cm³/mol. The van der Waals surface area contributed by atoms with Gasteiger partial charge in [-0.25, -0.2) is 9.59 Å². The average molecular weight is 275 g/mol. The van der Waals surface area contributed by atoms with Gasteiger partial charge in [-0.2, -0.15) is 0 Å². The highest BCUT2D eigenvalue weighted by molar-refractivity contribution is 5.91. The van der Waals surface area contributed by atoms with Crippen LogP contribution in [0, 0.1) is 5.92 Å². The molecule has 0 radical (unpaired) electrons. The molecule has 1 unspecified atom stereocenters. The molecule has 0 aromatic carbocycles. The third kappa shape index (κ3) is 6.24. The third-order valence-electron chi connectivity index (χ3n) is 2.24. The molecule has 9 heteroatoms. The van der Waals surface area contributed by atoms with Crippen LogP contribution in [-0.2, 0) is 14.4 Å². The van der Waals surface area contributed by atoms with Crippen LogP contribution < -0.4 is 16.4 Å². The molecule has 6 N–H and O–H groups in total. The molecule has 0 aromatic heterocycles. The van der Waals surface area contributed by atoms with E-state index in [2.05, 4.69) is 5.32 Å². The number of urea groups is 1. The summed E-state index contributed by atoms with van der Waals surface area (Å²) in [5, 5.41) is 21.5. The Morgan fingerprint density at radius 1 is 1.11 bits per heavy atom. The number of amides is 3. The molecule has 0 saturated carbocycles. The highest BCUT2D eigenvalue weighted by Gasteiger charge is 2.29. The van der Waals surface area contributed by atoms with Gasteiger partial charge in [-0.1, -0.05) is 13.8 Å². The largest absolute Gasteiger partial charge is 0.481 e. The Hall–Kier alpha value is -2.32. The first-order valence-electron chi connectivity index (χ1n) is 5.46. The molecule has 0 spiro atoms. The van der Waals surface area contributed by atoms with Gasteiger partial charge in [0, 0.05) is 0 Å². The Balaban J connectivity index is 4.80. The van der Waals surface area contributed by atoms with Crippen molar-refractivity contribution >= 4 is 23.9 Å². The minimum Gasteiger partial charge on any atom is -0.481 e. The fourth-order valence-electron chi connectivity index (χ4n) is 1.32. The van der Waals surface area contributed by atoms with Gasteiger partial charge in [0.1, 0.15) is 12.1 Å². The van der Waals surface area contributed by atoms with Crippen molar-refractivity contribution in [1.29, 1.82) is 0 Å². The highest BCUT2D eigenvalue weighted by atomic mass is 16.4. The lowest BCUT2D eigenvalue weighted by molar-refractivity contribution is -0.147. The molecule has 9 nitrogen and oxygen atoms in total. The molecule has 2 atom stereocenters. The summed E-state index contributed by atoms with van der Waals surface area (Å²) in [6, 6.07) is -3.53. The lowest BCUT2D eigenvalue weighted by Crippen LogP contribution is -2.55. The summed E-state index contributed by atoms with van der Waals surface area (Å²) >= 11 is 0. The molecule has 0 heterocycles. The quantitative estimate of drug-likeness (QED) is 0.389. The van der Waals surface area contributed by atoms with E-state index in [1.54, 1.807) is 13.8 Å². The molecule has 0 aliphatic heterocycles. The lowest BCUT2D eigenvalue weighted by Gasteiger charge is -2.22. The molecule has 0 aliphatic carbocycles. The number of carboxylic acid groups (broad SMARTS) is 2. The molecule has 3 amide bonds. The van der Waals surface area contributed by atoms with Crippen molar-refractivity contribution in [3.8, 4) is 0 Å². The summed E-state index contributed by atoms with van der Waals surface area (Å²) in [5.74, 6) is -3.98. The number of aliphatic carboxylic acids is 2. The lowest BCUT2D eigenvalue weighted by atomic mass is 10.0. The van der Waals surface area contributed by atoms with Crippen molar-refractivity contribution in [3.63, 3.8) is 0 Å². The second kappa shape index (κ2) is 7.19. The van der Waals surface area contributed by atoms with Gasteiger partial charge in [0.05, 0.1) is 6.42 Å². The van der Waals surface area contributed by atoms with E-state index >= 15 is 0 Å². The maximum Gasteiger partial charge on any atom is 0.326 e. The van der Waals surface area contributed by atoms with E-state index in [4.69, 9.17) is 15.9 Å². The van der Waals surface area contributed by atoms with Crippen LogP contribution in [0.4, 0.5) is 4.79 Å². The first kappa shape index (κ1) is 16.7. The molecule has 0 fully saturated rings. The zero-order chi connectivity index (χ0) is 15.2. The number of hydrogen-bond donors (Lipinski definition) is 5. The molecule has 108 valence electrons. The maximum absolute atomic E-state index is 11.8. The summed E-state index contributed by atoms with van der Waals surface area (Å²) in [7, 11) is 0. The van der Waals surface area contributed by atoms with Crippen LogP contribution in [0.5, 0.6) is 0 Å². The molecular weight excluding hydrogens is 258 g/mol. The number of rotatable bonds is 7. The summed E-state index contributed by atoms with van der Waals surface area (Å²) in [6.45, 7) is 3.24. The van der Waals surface area contributed by atoms with Gasteiger partial charge < -0.3 is 26.6 Å². The third-order valence-corrected chi connectivity index (χ3v) is 2.24. The normalized spacial score (nSPS) is 13.4. The molecular formula is C10H17N3O6. The van der Waals surface area contributed by atoms with Crippen molar-refractivity contribution in [2.45, 2.75) is 32.4 Å². The Labute approximate surface area is 109 Å². The van der Waals surface area contributed by atoms with E-state index in [-0.39, 0.29) is 5.92 Å². The van der Waals surface area contributed by atoms with Gasteiger partial charge in [0.2, 0.25) is 5.91 Å². The van der Waals surface area contributed by atoms with E-state index in [9.17, 15) is 19.2 Å². The fraction of sp³-hybridized carbons (Fsp3) is 0.600. The van der Waals surface area contributed by atoms with Gasteiger partial charge in [-0.3, -0.25) is 9.59 Å². The zero-order valence-corrected chi connectivity index (χ0v) is 10.5. The molecule has 0 rings (SSSR count). The van der Waals surface area contributed by atoms with Crippen molar-refractivity contribution < 1.29 is 29.4 Å². The summed E-state index contributed by atoms with van der Waals surface area (Å²) < 4.78 is 0. The van der Waals surface area contributed by atoms with Crippen LogP contribution in [0.2, 0.25) is 0 Å². The highest BCUT2D eigenvalue weighted by Crippen LogP contribution is 2.03. The van der Waals surface area contributed by atoms with Crippen LogP contribution in [0.15, 0.2) is 0 Å². The SMILES string of the molecule is CC(C)C(NC(N)=O)C(=O)N[C@H](CC(=O)O)C(=O)O. The Morgan fingerprint density at radius 3 is 1.95 bits per heavy atom. The van der Waals surface area contributed by atoms with Crippen molar-refractivity contribution in [2.75, 3.05) is 0 Å². The van der Waals surface area contributed by atoms with E-state index < -0.39 is 42.4 Å². The van der Waals surface area contributed by atoms with Gasteiger partial charge in [-0.05, 0) is 5.92 Å². The zero-order valence-electron chi connectivity index (χ0n) is 10.5. The molecule has 19 heavy (non-hydrogen) atoms. The minimum atomic E-state index is -1.57. The van der Waals surface area contributed by atoms with Crippen LogP contribution in [0.25, 0.3) is 0 Å². The van der Waals surface area contributed by atoms with Crippen LogP contribution in [0.1, 0.15) is 20.3 Å². The number of hydrogen-bond acceptors (Lipinski definition) is 4. The number of nitrogens with one attached hydrogen (secondary N) is 2. The van der Waals surface area contributed by atoms with Crippen LogP contribution >= 0.6 is 0 Å². The Kier molecular flexibility index (Phi) is 6.31. The van der Waals surface area contributed by atoms with Gasteiger partial charge in [0.25, 0.3) is 0 Å². The number of primary amides is 1. The number of nitrogens with two attached hydrogens (primary N) is 1. The molecule has 0 aromatic rings. The first-order chi connectivity index (χ1) is 8.65. The number of carboxylic acids is 2. The van der Waals surface area contributed by atoms with Crippen molar-refractivity contribution in [1.82, 2.24) is 10.6 Å². The summed E-state index contributed by atoms with van der Waals surface area (Å²) in [4.78, 5) is 43.8. The molecule has 0 saturated heterocycles. The molecule has 0 bridgehead atoms. The average Bonchev–Trinajstić information content (AvgIpc) is 2.23. The standard InChI is InChI=1S/C10H17N3O6/c1-4(2)7(13-10(11)19)8(16)12-5(9(17)18)3-6(14)15/h4-5,7H,3H2,1-2H3,(H,12,16)(H,14,15)(H,17,18)(H3,11,13,19)/t5-,7?/m1/s1. The monoisotopic (exact) mass is 275 g/mol. The fourth-order valence-corrected chi connectivity index (χ4v) is 1.32. The number of carbonyl (C=O) groups excluding carboxylic acids is 2. The van der Waals surface area contributed by atoms with E-state index in [0.29, 0.717) is 0 Å². The minimum absolute atomic E-state index is 0.341. The summed E-state index contributed by atoms with van der Waals surface area (Å²) in [5.41, 5.74) is 4.90. The van der Waals surface area contributed by atoms with Gasteiger partial charge in [0.15, 0.2) is 0 Å². The summed E-state index contributed by atoms with van der Waals surface area (Å²) in [6.07, 6.45) is -0.761. The first-order valence-corrected chi connectivity index (χ1v) is 5.46. The van der Waals surface area contributed by atoms with Crippen LogP contribution in [0.3, 0.4) is 0 Å². The second-order valence-electron chi connectivity index (χ2n) is 4.23. The van der Waals surface area contributed by atoms with Crippen LogP contribution in [-0.4, -0.2) is 46.2 Å². The second-order valence-corrected chi connectivity index (χ2v) is 4.23. The Bertz CT molecular complexity index is 381. The maximum atomic E-state index is 11.8. The van der Waals surface area contributed by atoms with Crippen molar-refractivity contribution in [3.05, 3.63) is 0 Å². The topological polar surface area (TPSA) is 159 Å².